The van der Waals surface area contributed by atoms with E-state index in [0.29, 0.717) is 24.4 Å². The first-order chi connectivity index (χ1) is 11.4. The molecule has 1 aromatic carbocycles. The number of benzene rings is 1. The summed E-state index contributed by atoms with van der Waals surface area (Å²) in [4.78, 5) is 13.6. The number of aryl methyl sites for hydroxylation is 1. The third-order valence-electron chi connectivity index (χ3n) is 3.99. The second kappa shape index (κ2) is 6.37. The average molecular weight is 349 g/mol. The van der Waals surface area contributed by atoms with Gasteiger partial charge in [0.1, 0.15) is 5.76 Å². The zero-order valence-electron chi connectivity index (χ0n) is 13.6. The molecule has 24 heavy (non-hydrogen) atoms. The van der Waals surface area contributed by atoms with Crippen LogP contribution in [0.3, 0.4) is 0 Å². The number of amides is 1. The normalized spacial score (nSPS) is 15.5. The van der Waals surface area contributed by atoms with Gasteiger partial charge in [-0.2, -0.15) is 4.31 Å². The number of hydrogen-bond donors (Lipinski definition) is 0. The predicted octanol–water partition coefficient (Wildman–Crippen LogP) is 1.93. The predicted molar refractivity (Wildman–Crippen MR) is 87.9 cm³/mol. The van der Waals surface area contributed by atoms with Gasteiger partial charge in [-0.15, -0.1) is 0 Å². The van der Waals surface area contributed by atoms with Gasteiger partial charge in [0.15, 0.2) is 0 Å². The van der Waals surface area contributed by atoms with Gasteiger partial charge in [-0.1, -0.05) is 5.16 Å². The number of carbonyl (C=O) groups excluding carboxylic acids is 1. The summed E-state index contributed by atoms with van der Waals surface area (Å²) in [5.74, 6) is 0.708. The smallest absolute Gasteiger partial charge is 0.243 e. The van der Waals surface area contributed by atoms with Gasteiger partial charge in [-0.05, 0) is 37.6 Å². The zero-order chi connectivity index (χ0) is 17.3. The molecular weight excluding hydrogens is 330 g/mol. The molecule has 0 atom stereocenters. The molecule has 0 aliphatic carbocycles. The second-order valence-electron chi connectivity index (χ2n) is 5.83. The van der Waals surface area contributed by atoms with Crippen molar-refractivity contribution in [2.45, 2.75) is 31.2 Å². The molecule has 0 N–H and O–H groups in total. The van der Waals surface area contributed by atoms with Crippen molar-refractivity contribution in [3.05, 3.63) is 41.8 Å². The van der Waals surface area contributed by atoms with Crippen LogP contribution in [-0.4, -0.2) is 37.4 Å². The van der Waals surface area contributed by atoms with Gasteiger partial charge < -0.3 is 9.42 Å². The van der Waals surface area contributed by atoms with Crippen LogP contribution in [0.1, 0.15) is 24.3 Å². The number of rotatable bonds is 5. The van der Waals surface area contributed by atoms with Crippen LogP contribution in [0.2, 0.25) is 0 Å². The van der Waals surface area contributed by atoms with Gasteiger partial charge >= 0.3 is 0 Å². The summed E-state index contributed by atoms with van der Waals surface area (Å²) >= 11 is 0. The molecule has 8 heteroatoms. The van der Waals surface area contributed by atoms with E-state index < -0.39 is 10.0 Å². The minimum atomic E-state index is -3.63. The highest BCUT2D eigenvalue weighted by molar-refractivity contribution is 7.89. The monoisotopic (exact) mass is 349 g/mol. The Kier molecular flexibility index (Phi) is 4.42. The van der Waals surface area contributed by atoms with Gasteiger partial charge in [0.2, 0.25) is 15.9 Å². The first-order valence-corrected chi connectivity index (χ1v) is 9.11. The van der Waals surface area contributed by atoms with E-state index >= 15 is 0 Å². The summed E-state index contributed by atoms with van der Waals surface area (Å²) in [6.07, 6.45) is 1.37. The van der Waals surface area contributed by atoms with Crippen molar-refractivity contribution in [1.29, 1.82) is 0 Å². The van der Waals surface area contributed by atoms with Gasteiger partial charge in [-0.3, -0.25) is 4.79 Å². The van der Waals surface area contributed by atoms with Crippen LogP contribution in [0, 0.1) is 6.92 Å². The number of carbonyl (C=O) groups is 1. The second-order valence-corrected chi connectivity index (χ2v) is 7.88. The van der Waals surface area contributed by atoms with E-state index in [1.165, 1.54) is 23.5 Å². The van der Waals surface area contributed by atoms with Gasteiger partial charge in [-0.25, -0.2) is 8.42 Å². The molecule has 1 saturated heterocycles. The van der Waals surface area contributed by atoms with Crippen LogP contribution in [0.5, 0.6) is 0 Å². The lowest BCUT2D eigenvalue weighted by Gasteiger charge is -2.18. The summed E-state index contributed by atoms with van der Waals surface area (Å²) < 4.78 is 31.4. The molecule has 1 aromatic heterocycles. The number of hydrogen-bond acceptors (Lipinski definition) is 5. The minimum absolute atomic E-state index is 0.0733. The Balaban J connectivity index is 1.77. The van der Waals surface area contributed by atoms with Crippen molar-refractivity contribution >= 4 is 21.6 Å². The largest absolute Gasteiger partial charge is 0.361 e. The fourth-order valence-electron chi connectivity index (χ4n) is 2.70. The van der Waals surface area contributed by atoms with E-state index in [0.717, 1.165) is 12.1 Å². The third-order valence-corrected chi connectivity index (χ3v) is 5.81. The van der Waals surface area contributed by atoms with Crippen LogP contribution >= 0.6 is 0 Å². The fourth-order valence-corrected chi connectivity index (χ4v) is 3.85. The van der Waals surface area contributed by atoms with Gasteiger partial charge in [0, 0.05) is 31.8 Å². The Morgan fingerprint density at radius 2 is 2.00 bits per heavy atom. The third kappa shape index (κ3) is 3.20. The summed E-state index contributed by atoms with van der Waals surface area (Å²) in [5.41, 5.74) is 1.28. The van der Waals surface area contributed by atoms with E-state index in [1.807, 2.05) is 0 Å². The average Bonchev–Trinajstić information content (AvgIpc) is 3.16. The van der Waals surface area contributed by atoms with Crippen molar-refractivity contribution in [2.75, 3.05) is 18.5 Å². The first kappa shape index (κ1) is 16.7. The summed E-state index contributed by atoms with van der Waals surface area (Å²) in [5, 5.41) is 3.81. The Labute approximate surface area is 140 Å². The van der Waals surface area contributed by atoms with E-state index in [1.54, 1.807) is 30.0 Å². The summed E-state index contributed by atoms with van der Waals surface area (Å²) in [6.45, 7) is 2.56. The highest BCUT2D eigenvalue weighted by atomic mass is 32.2. The minimum Gasteiger partial charge on any atom is -0.361 e. The molecule has 2 heterocycles. The van der Waals surface area contributed by atoms with Crippen LogP contribution in [0.15, 0.2) is 39.8 Å². The lowest BCUT2D eigenvalue weighted by atomic mass is 10.3. The molecular formula is C16H19N3O4S. The maximum absolute atomic E-state index is 12.6. The van der Waals surface area contributed by atoms with E-state index in [4.69, 9.17) is 4.52 Å². The molecule has 1 aliphatic rings. The quantitative estimate of drug-likeness (QED) is 0.823. The number of nitrogens with zero attached hydrogens (tertiary/aromatic N) is 3. The molecule has 3 rings (SSSR count). The Bertz CT molecular complexity index is 842. The van der Waals surface area contributed by atoms with Gasteiger partial charge in [0.25, 0.3) is 0 Å². The van der Waals surface area contributed by atoms with E-state index in [-0.39, 0.29) is 17.3 Å². The van der Waals surface area contributed by atoms with Gasteiger partial charge in [0.05, 0.1) is 17.1 Å². The van der Waals surface area contributed by atoms with Crippen molar-refractivity contribution in [1.82, 2.24) is 9.46 Å². The molecule has 2 aromatic rings. The maximum Gasteiger partial charge on any atom is 0.243 e. The van der Waals surface area contributed by atoms with E-state index in [9.17, 15) is 13.2 Å². The maximum atomic E-state index is 12.6. The molecule has 1 fully saturated rings. The SMILES string of the molecule is Cc1cc(CN(C)S(=O)(=O)c2ccc(N3CCCC3=O)cc2)no1. The Morgan fingerprint density at radius 3 is 2.54 bits per heavy atom. The Hall–Kier alpha value is -2.19. The Morgan fingerprint density at radius 1 is 1.29 bits per heavy atom. The molecule has 0 bridgehead atoms. The molecule has 0 radical (unpaired) electrons. The van der Waals surface area contributed by atoms with Crippen molar-refractivity contribution in [3.63, 3.8) is 0 Å². The van der Waals surface area contributed by atoms with E-state index in [2.05, 4.69) is 5.16 Å². The van der Waals surface area contributed by atoms with Crippen LogP contribution in [0.25, 0.3) is 0 Å². The zero-order valence-corrected chi connectivity index (χ0v) is 14.4. The molecule has 0 unspecified atom stereocenters. The standard InChI is InChI=1S/C16H19N3O4S/c1-12-10-13(17-23-12)11-18(2)24(21,22)15-7-5-14(6-8-15)19-9-3-4-16(19)20/h5-8,10H,3-4,9,11H2,1-2H3. The highest BCUT2D eigenvalue weighted by Crippen LogP contribution is 2.24. The molecule has 128 valence electrons. The molecule has 0 saturated carbocycles. The van der Waals surface area contributed by atoms with Crippen LogP contribution < -0.4 is 4.90 Å². The molecule has 1 amide bonds. The molecule has 1 aliphatic heterocycles. The summed E-state index contributed by atoms with van der Waals surface area (Å²) in [7, 11) is -2.14. The fraction of sp³-hybridized carbons (Fsp3) is 0.375. The summed E-state index contributed by atoms with van der Waals surface area (Å²) in [6, 6.07) is 8.10. The molecule has 0 spiro atoms. The number of anilines is 1. The highest BCUT2D eigenvalue weighted by Gasteiger charge is 2.24. The van der Waals surface area contributed by atoms with Crippen LogP contribution in [0.4, 0.5) is 5.69 Å². The number of aromatic nitrogens is 1. The van der Waals surface area contributed by atoms with Crippen molar-refractivity contribution < 1.29 is 17.7 Å². The topological polar surface area (TPSA) is 83.7 Å². The van der Waals surface area contributed by atoms with Crippen molar-refractivity contribution in [3.8, 4) is 0 Å². The first-order valence-electron chi connectivity index (χ1n) is 7.67. The lowest BCUT2D eigenvalue weighted by molar-refractivity contribution is -0.117. The van der Waals surface area contributed by atoms with Crippen molar-refractivity contribution in [2.24, 2.45) is 0 Å². The van der Waals surface area contributed by atoms with Crippen LogP contribution in [-0.2, 0) is 21.4 Å². The molecule has 7 nitrogen and oxygen atoms in total. The number of sulfonamides is 1. The lowest BCUT2D eigenvalue weighted by Crippen LogP contribution is -2.27.